The predicted octanol–water partition coefficient (Wildman–Crippen LogP) is 1.74. The maximum Gasteiger partial charge on any atom is 0.231 e. The van der Waals surface area contributed by atoms with Crippen LogP contribution in [0.15, 0.2) is 0 Å². The van der Waals surface area contributed by atoms with Gasteiger partial charge in [-0.1, -0.05) is 20.8 Å². The van der Waals surface area contributed by atoms with Crippen LogP contribution in [0.1, 0.15) is 52.9 Å². The largest absolute Gasteiger partial charge is 0.369 e. The maximum atomic E-state index is 11.0. The van der Waals surface area contributed by atoms with Crippen LogP contribution in [0.25, 0.3) is 0 Å². The first kappa shape index (κ1) is 15.3. The molecule has 3 unspecified atom stereocenters. The number of piperidine rings is 1. The quantitative estimate of drug-likeness (QED) is 0.830. The Kier molecular flexibility index (Phi) is 3.81. The number of likely N-dealkylation sites (tertiary alicyclic amines) is 1. The van der Waals surface area contributed by atoms with Crippen LogP contribution in [-0.4, -0.2) is 42.5 Å². The van der Waals surface area contributed by atoms with E-state index in [2.05, 4.69) is 31.0 Å². The molecule has 3 fully saturated rings. The molecule has 1 aliphatic heterocycles. The number of nitrogens with zero attached hydrogens (tertiary/aromatic N) is 1. The average molecular weight is 293 g/mol. The lowest BCUT2D eigenvalue weighted by Crippen LogP contribution is -2.52. The molecule has 0 spiro atoms. The molecule has 4 nitrogen and oxygen atoms in total. The van der Waals surface area contributed by atoms with Crippen LogP contribution in [-0.2, 0) is 4.79 Å². The smallest absolute Gasteiger partial charge is 0.231 e. The molecule has 0 radical (unpaired) electrons. The van der Waals surface area contributed by atoms with Crippen molar-refractivity contribution in [1.29, 1.82) is 0 Å². The van der Waals surface area contributed by atoms with Gasteiger partial charge in [0.25, 0.3) is 0 Å². The molecular weight excluding hydrogens is 262 g/mol. The summed E-state index contributed by atoms with van der Waals surface area (Å²) in [6.45, 7) is 9.86. The van der Waals surface area contributed by atoms with E-state index in [1.807, 2.05) is 0 Å². The molecule has 0 aromatic carbocycles. The van der Waals surface area contributed by atoms with Crippen LogP contribution in [0.4, 0.5) is 0 Å². The number of hydrogen-bond acceptors (Lipinski definition) is 3. The Morgan fingerprint density at radius 2 is 1.90 bits per heavy atom. The molecule has 1 amide bonds. The Morgan fingerprint density at radius 3 is 2.38 bits per heavy atom. The van der Waals surface area contributed by atoms with E-state index in [4.69, 9.17) is 5.73 Å². The second kappa shape index (κ2) is 5.24. The predicted molar refractivity (Wildman–Crippen MR) is 84.8 cm³/mol. The van der Waals surface area contributed by atoms with Gasteiger partial charge >= 0.3 is 0 Å². The number of primary amides is 1. The minimum atomic E-state index is -0.205. The minimum absolute atomic E-state index is 0.205. The van der Waals surface area contributed by atoms with Crippen molar-refractivity contribution in [3.8, 4) is 0 Å². The summed E-state index contributed by atoms with van der Waals surface area (Å²) in [4.78, 5) is 13.2. The number of carbonyl (C=O) groups is 1. The van der Waals surface area contributed by atoms with Crippen LogP contribution in [0, 0.1) is 16.7 Å². The van der Waals surface area contributed by atoms with Gasteiger partial charge in [0.2, 0.25) is 5.91 Å². The highest BCUT2D eigenvalue weighted by Gasteiger charge is 2.61. The third kappa shape index (κ3) is 2.50. The van der Waals surface area contributed by atoms with E-state index in [1.54, 1.807) is 0 Å². The van der Waals surface area contributed by atoms with Crippen LogP contribution in [0.5, 0.6) is 0 Å². The van der Waals surface area contributed by atoms with Crippen molar-refractivity contribution < 1.29 is 4.79 Å². The zero-order valence-electron chi connectivity index (χ0n) is 13.8. The highest BCUT2D eigenvalue weighted by molar-refractivity contribution is 5.75. The first-order valence-electron chi connectivity index (χ1n) is 8.59. The van der Waals surface area contributed by atoms with Crippen LogP contribution >= 0.6 is 0 Å². The lowest BCUT2D eigenvalue weighted by Gasteiger charge is -2.42. The molecule has 2 bridgehead atoms. The van der Waals surface area contributed by atoms with E-state index in [-0.39, 0.29) is 5.91 Å². The molecule has 3 rings (SSSR count). The van der Waals surface area contributed by atoms with Crippen molar-refractivity contribution >= 4 is 5.91 Å². The first-order valence-corrected chi connectivity index (χ1v) is 8.59. The summed E-state index contributed by atoms with van der Waals surface area (Å²) in [5.41, 5.74) is 6.23. The molecule has 21 heavy (non-hydrogen) atoms. The lowest BCUT2D eigenvalue weighted by atomic mass is 9.69. The number of carbonyl (C=O) groups excluding carboxylic acids is 1. The number of amides is 1. The van der Waals surface area contributed by atoms with Gasteiger partial charge < -0.3 is 11.1 Å². The molecule has 120 valence electrons. The third-order valence-electron chi connectivity index (χ3n) is 7.20. The van der Waals surface area contributed by atoms with Gasteiger partial charge in [-0.3, -0.25) is 9.69 Å². The molecule has 3 atom stereocenters. The zero-order valence-corrected chi connectivity index (χ0v) is 13.8. The van der Waals surface area contributed by atoms with Gasteiger partial charge in [-0.05, 0) is 48.9 Å². The van der Waals surface area contributed by atoms with Crippen LogP contribution < -0.4 is 11.1 Å². The SMILES string of the molecule is CC1(C)C2CCC1(C)C(NC1CCN(CC(N)=O)CC1)C2. The highest BCUT2D eigenvalue weighted by Crippen LogP contribution is 2.65. The van der Waals surface area contributed by atoms with E-state index in [1.165, 1.54) is 19.3 Å². The Morgan fingerprint density at radius 1 is 1.24 bits per heavy atom. The second-order valence-corrected chi connectivity index (χ2v) is 8.35. The third-order valence-corrected chi connectivity index (χ3v) is 7.20. The normalized spacial score (nSPS) is 39.8. The fraction of sp³-hybridized carbons (Fsp3) is 0.941. The van der Waals surface area contributed by atoms with Gasteiger partial charge in [0.05, 0.1) is 6.54 Å². The highest BCUT2D eigenvalue weighted by atomic mass is 16.1. The fourth-order valence-electron chi connectivity index (χ4n) is 5.22. The molecule has 1 saturated heterocycles. The summed E-state index contributed by atoms with van der Waals surface area (Å²) in [5.74, 6) is 0.693. The standard InChI is InChI=1S/C17H31N3O/c1-16(2)12-4-7-17(16,3)14(10-12)19-13-5-8-20(9-6-13)11-15(18)21/h12-14,19H,4-11H2,1-3H3,(H2,18,21). The van der Waals surface area contributed by atoms with E-state index in [0.717, 1.165) is 31.8 Å². The van der Waals surface area contributed by atoms with Gasteiger partial charge in [-0.25, -0.2) is 0 Å². The number of nitrogens with one attached hydrogen (secondary N) is 1. The lowest BCUT2D eigenvalue weighted by molar-refractivity contribution is -0.119. The summed E-state index contributed by atoms with van der Waals surface area (Å²) in [6, 6.07) is 1.30. The van der Waals surface area contributed by atoms with Gasteiger partial charge in [0.1, 0.15) is 0 Å². The first-order chi connectivity index (χ1) is 9.83. The Labute approximate surface area is 128 Å². The molecule has 1 heterocycles. The van der Waals surface area contributed by atoms with Crippen LogP contribution in [0.2, 0.25) is 0 Å². The summed E-state index contributed by atoms with van der Waals surface area (Å²) in [6.07, 6.45) is 6.43. The van der Waals surface area contributed by atoms with Gasteiger partial charge in [-0.2, -0.15) is 0 Å². The van der Waals surface area contributed by atoms with Crippen molar-refractivity contribution in [2.24, 2.45) is 22.5 Å². The monoisotopic (exact) mass is 293 g/mol. The molecule has 2 aliphatic carbocycles. The zero-order chi connectivity index (χ0) is 15.3. The maximum absolute atomic E-state index is 11.0. The van der Waals surface area contributed by atoms with E-state index in [0.29, 0.717) is 29.5 Å². The molecule has 0 aromatic rings. The average Bonchev–Trinajstić information content (AvgIpc) is 2.73. The second-order valence-electron chi connectivity index (χ2n) is 8.35. The molecule has 3 N–H and O–H groups in total. The van der Waals surface area contributed by atoms with Crippen LogP contribution in [0.3, 0.4) is 0 Å². The van der Waals surface area contributed by atoms with Crippen molar-refractivity contribution in [3.63, 3.8) is 0 Å². The van der Waals surface area contributed by atoms with Gasteiger partial charge in [0.15, 0.2) is 0 Å². The summed E-state index contributed by atoms with van der Waals surface area (Å²) in [7, 11) is 0. The van der Waals surface area contributed by atoms with Crippen molar-refractivity contribution in [2.45, 2.75) is 65.0 Å². The van der Waals surface area contributed by atoms with E-state index < -0.39 is 0 Å². The number of rotatable bonds is 4. The molecule has 2 saturated carbocycles. The van der Waals surface area contributed by atoms with Gasteiger partial charge in [-0.15, -0.1) is 0 Å². The van der Waals surface area contributed by atoms with Crippen molar-refractivity contribution in [3.05, 3.63) is 0 Å². The van der Waals surface area contributed by atoms with Crippen molar-refractivity contribution in [2.75, 3.05) is 19.6 Å². The Bertz CT molecular complexity index is 414. The number of fused-ring (bicyclic) bond motifs is 2. The number of nitrogens with two attached hydrogens (primary N) is 1. The Hall–Kier alpha value is -0.610. The Balaban J connectivity index is 1.54. The summed E-state index contributed by atoms with van der Waals surface area (Å²) >= 11 is 0. The molecule has 0 aromatic heterocycles. The minimum Gasteiger partial charge on any atom is -0.369 e. The van der Waals surface area contributed by atoms with E-state index in [9.17, 15) is 4.79 Å². The van der Waals surface area contributed by atoms with E-state index >= 15 is 0 Å². The fourth-order valence-corrected chi connectivity index (χ4v) is 5.22. The molecular formula is C17H31N3O. The summed E-state index contributed by atoms with van der Waals surface area (Å²) < 4.78 is 0. The van der Waals surface area contributed by atoms with Gasteiger partial charge in [0, 0.05) is 25.2 Å². The number of hydrogen-bond donors (Lipinski definition) is 2. The van der Waals surface area contributed by atoms with Crippen molar-refractivity contribution in [1.82, 2.24) is 10.2 Å². The molecule has 4 heteroatoms. The molecule has 3 aliphatic rings. The topological polar surface area (TPSA) is 58.4 Å². The summed E-state index contributed by atoms with van der Waals surface area (Å²) in [5, 5.41) is 3.98.